The molecule has 19 heavy (non-hydrogen) atoms. The molecule has 0 aliphatic rings. The Morgan fingerprint density at radius 1 is 1.16 bits per heavy atom. The maximum absolute atomic E-state index is 12.3. The van der Waals surface area contributed by atoms with E-state index in [4.69, 9.17) is 23.2 Å². The fourth-order valence-electron chi connectivity index (χ4n) is 1.87. The van der Waals surface area contributed by atoms with E-state index in [9.17, 15) is 4.79 Å². The molecular formula is C15H11BrCl2O. The molecule has 98 valence electrons. The lowest BCUT2D eigenvalue weighted by Gasteiger charge is -2.07. The van der Waals surface area contributed by atoms with Gasteiger partial charge in [-0.2, -0.15) is 0 Å². The van der Waals surface area contributed by atoms with E-state index < -0.39 is 0 Å². The van der Waals surface area contributed by atoms with Crippen molar-refractivity contribution in [2.24, 2.45) is 0 Å². The Balaban J connectivity index is 2.25. The van der Waals surface area contributed by atoms with Crippen molar-refractivity contribution in [1.82, 2.24) is 0 Å². The average molecular weight is 358 g/mol. The summed E-state index contributed by atoms with van der Waals surface area (Å²) in [5, 5.41) is 1.23. The van der Waals surface area contributed by atoms with Gasteiger partial charge in [-0.1, -0.05) is 45.2 Å². The molecule has 0 bridgehead atoms. The summed E-state index contributed by atoms with van der Waals surface area (Å²) in [7, 11) is 0. The number of halogens is 3. The lowest BCUT2D eigenvalue weighted by atomic mass is 9.99. The molecule has 0 saturated carbocycles. The number of Topliss-reactive ketones (excluding diaryl/α,β-unsaturated/α-hetero) is 1. The lowest BCUT2D eigenvalue weighted by molar-refractivity contribution is 0.0992. The van der Waals surface area contributed by atoms with E-state index in [1.807, 2.05) is 19.1 Å². The summed E-state index contributed by atoms with van der Waals surface area (Å²) < 4.78 is 0.899. The van der Waals surface area contributed by atoms with Gasteiger partial charge in [0.05, 0.1) is 0 Å². The predicted octanol–water partition coefficient (Wildman–Crippen LogP) is 5.49. The number of carbonyl (C=O) groups excluding carboxylic acids is 1. The van der Waals surface area contributed by atoms with Crippen LogP contribution in [0.15, 0.2) is 40.9 Å². The molecule has 4 heteroatoms. The van der Waals surface area contributed by atoms with Crippen molar-refractivity contribution < 1.29 is 4.79 Å². The largest absolute Gasteiger partial charge is 0.294 e. The fraction of sp³-hybridized carbons (Fsp3) is 0.133. The first kappa shape index (κ1) is 14.6. The molecule has 2 rings (SSSR count). The van der Waals surface area contributed by atoms with Gasteiger partial charge < -0.3 is 0 Å². The summed E-state index contributed by atoms with van der Waals surface area (Å²) in [6.07, 6.45) is 0.286. The summed E-state index contributed by atoms with van der Waals surface area (Å²) in [6.45, 7) is 1.88. The minimum Gasteiger partial charge on any atom is -0.294 e. The summed E-state index contributed by atoms with van der Waals surface area (Å²) >= 11 is 15.4. The highest BCUT2D eigenvalue weighted by Gasteiger charge is 2.12. The molecule has 0 aliphatic carbocycles. The molecule has 0 fully saturated rings. The first-order valence-electron chi connectivity index (χ1n) is 5.70. The third-order valence-corrected chi connectivity index (χ3v) is 3.94. The van der Waals surface area contributed by atoms with E-state index in [1.165, 1.54) is 0 Å². The molecule has 0 spiro atoms. The van der Waals surface area contributed by atoms with Gasteiger partial charge in [0.2, 0.25) is 0 Å². The Hall–Kier alpha value is -0.830. The smallest absolute Gasteiger partial charge is 0.167 e. The SMILES string of the molecule is Cc1cc(Cl)ccc1C(=O)Cc1ccc(Br)cc1Cl. The topological polar surface area (TPSA) is 17.1 Å². The van der Waals surface area contributed by atoms with E-state index in [0.29, 0.717) is 15.6 Å². The van der Waals surface area contributed by atoms with Crippen LogP contribution in [0.25, 0.3) is 0 Å². The van der Waals surface area contributed by atoms with Gasteiger partial charge in [-0.15, -0.1) is 0 Å². The molecule has 0 atom stereocenters. The molecule has 0 radical (unpaired) electrons. The number of hydrogen-bond donors (Lipinski definition) is 0. The second-order valence-corrected chi connectivity index (χ2v) is 6.05. The average Bonchev–Trinajstić information content (AvgIpc) is 2.32. The van der Waals surface area contributed by atoms with E-state index in [2.05, 4.69) is 15.9 Å². The zero-order chi connectivity index (χ0) is 14.0. The van der Waals surface area contributed by atoms with Crippen molar-refractivity contribution in [3.05, 3.63) is 67.6 Å². The number of benzene rings is 2. The molecular weight excluding hydrogens is 347 g/mol. The first-order valence-corrected chi connectivity index (χ1v) is 7.25. The molecule has 0 aromatic heterocycles. The molecule has 0 aliphatic heterocycles. The van der Waals surface area contributed by atoms with E-state index in [1.54, 1.807) is 24.3 Å². The summed E-state index contributed by atoms with van der Waals surface area (Å²) in [4.78, 5) is 12.3. The van der Waals surface area contributed by atoms with Crippen LogP contribution in [-0.2, 0) is 6.42 Å². The van der Waals surface area contributed by atoms with Gasteiger partial charge in [-0.25, -0.2) is 0 Å². The molecule has 1 nitrogen and oxygen atoms in total. The highest BCUT2D eigenvalue weighted by Crippen LogP contribution is 2.24. The fourth-order valence-corrected chi connectivity index (χ4v) is 2.84. The lowest BCUT2D eigenvalue weighted by Crippen LogP contribution is -2.06. The maximum Gasteiger partial charge on any atom is 0.167 e. The van der Waals surface area contributed by atoms with E-state index >= 15 is 0 Å². The van der Waals surface area contributed by atoms with Gasteiger partial charge in [0.15, 0.2) is 5.78 Å². The van der Waals surface area contributed by atoms with Crippen molar-refractivity contribution in [2.45, 2.75) is 13.3 Å². The zero-order valence-corrected chi connectivity index (χ0v) is 13.3. The highest BCUT2D eigenvalue weighted by atomic mass is 79.9. The van der Waals surface area contributed by atoms with Gasteiger partial charge in [0, 0.05) is 26.5 Å². The molecule has 0 amide bonds. The van der Waals surface area contributed by atoms with Crippen LogP contribution in [0.5, 0.6) is 0 Å². The van der Waals surface area contributed by atoms with Crippen LogP contribution in [0.1, 0.15) is 21.5 Å². The van der Waals surface area contributed by atoms with Crippen LogP contribution in [0.3, 0.4) is 0 Å². The summed E-state index contributed by atoms with van der Waals surface area (Å²) in [5.74, 6) is 0.0402. The van der Waals surface area contributed by atoms with Crippen LogP contribution in [0.4, 0.5) is 0 Å². The van der Waals surface area contributed by atoms with E-state index in [-0.39, 0.29) is 12.2 Å². The van der Waals surface area contributed by atoms with Crippen molar-refractivity contribution in [1.29, 1.82) is 0 Å². The Kier molecular flexibility index (Phi) is 4.67. The number of rotatable bonds is 3. The second kappa shape index (κ2) is 6.08. The molecule has 0 saturated heterocycles. The summed E-state index contributed by atoms with van der Waals surface area (Å²) in [6, 6.07) is 10.8. The predicted molar refractivity (Wildman–Crippen MR) is 83.4 cm³/mol. The Morgan fingerprint density at radius 2 is 1.89 bits per heavy atom. The second-order valence-electron chi connectivity index (χ2n) is 4.29. The Bertz CT molecular complexity index is 638. The Labute approximate surface area is 130 Å². The van der Waals surface area contributed by atoms with Crippen molar-refractivity contribution in [3.8, 4) is 0 Å². The van der Waals surface area contributed by atoms with Crippen molar-refractivity contribution in [2.75, 3.05) is 0 Å². The third-order valence-electron chi connectivity index (χ3n) is 2.85. The summed E-state index contributed by atoms with van der Waals surface area (Å²) in [5.41, 5.74) is 2.39. The minimum absolute atomic E-state index is 0.0402. The normalized spacial score (nSPS) is 10.5. The monoisotopic (exact) mass is 356 g/mol. The number of ketones is 1. The van der Waals surface area contributed by atoms with E-state index in [0.717, 1.165) is 15.6 Å². The molecule has 0 heterocycles. The van der Waals surface area contributed by atoms with Crippen LogP contribution in [0, 0.1) is 6.92 Å². The quantitative estimate of drug-likeness (QED) is 0.664. The molecule has 2 aromatic rings. The standard InChI is InChI=1S/C15H11BrCl2O/c1-9-6-12(17)4-5-13(9)15(19)7-10-2-3-11(16)8-14(10)18/h2-6,8H,7H2,1H3. The van der Waals surface area contributed by atoms with Gasteiger partial charge in [0.1, 0.15) is 0 Å². The van der Waals surface area contributed by atoms with Crippen LogP contribution < -0.4 is 0 Å². The Morgan fingerprint density at radius 3 is 2.53 bits per heavy atom. The third kappa shape index (κ3) is 3.59. The van der Waals surface area contributed by atoms with Gasteiger partial charge in [-0.05, 0) is 48.4 Å². The first-order chi connectivity index (χ1) is 8.97. The molecule has 2 aromatic carbocycles. The van der Waals surface area contributed by atoms with Crippen molar-refractivity contribution in [3.63, 3.8) is 0 Å². The van der Waals surface area contributed by atoms with Crippen molar-refractivity contribution >= 4 is 44.9 Å². The molecule has 0 N–H and O–H groups in total. The number of carbonyl (C=O) groups is 1. The van der Waals surface area contributed by atoms with Gasteiger partial charge in [-0.3, -0.25) is 4.79 Å². The molecule has 0 unspecified atom stereocenters. The maximum atomic E-state index is 12.3. The number of aryl methyl sites for hydroxylation is 1. The van der Waals surface area contributed by atoms with Gasteiger partial charge >= 0.3 is 0 Å². The van der Waals surface area contributed by atoms with Crippen LogP contribution in [-0.4, -0.2) is 5.78 Å². The highest BCUT2D eigenvalue weighted by molar-refractivity contribution is 9.10. The van der Waals surface area contributed by atoms with Crippen LogP contribution >= 0.6 is 39.1 Å². The van der Waals surface area contributed by atoms with Gasteiger partial charge in [0.25, 0.3) is 0 Å². The zero-order valence-electron chi connectivity index (χ0n) is 10.2. The number of hydrogen-bond acceptors (Lipinski definition) is 1. The van der Waals surface area contributed by atoms with Crippen LogP contribution in [0.2, 0.25) is 10.0 Å². The minimum atomic E-state index is 0.0402.